The number of unbranched alkanes of at least 4 members (excludes halogenated alkanes) is 2. The summed E-state index contributed by atoms with van der Waals surface area (Å²) in [5, 5.41) is 55.8. The van der Waals surface area contributed by atoms with E-state index in [0.29, 0.717) is 0 Å². The Morgan fingerprint density at radius 2 is 1.71 bits per heavy atom. The first-order valence-corrected chi connectivity index (χ1v) is 17.3. The molecule has 0 radical (unpaired) electrons. The number of carbonyl (C=O) groups is 3. The summed E-state index contributed by atoms with van der Waals surface area (Å²) in [7, 11) is 1.34. The molecule has 3 aliphatic rings. The summed E-state index contributed by atoms with van der Waals surface area (Å²) < 4.78 is 17.7. The molecular weight excluding hydrogens is 684 g/mol. The number of phenolic OH excluding ortho intramolecular Hbond substituents is 2. The minimum Gasteiger partial charge on any atom is -0.507 e. The number of aliphatic imine (C=N–C) groups is 1. The van der Waals surface area contributed by atoms with E-state index < -0.39 is 95.7 Å². The van der Waals surface area contributed by atoms with Crippen LogP contribution in [0.15, 0.2) is 23.2 Å². The van der Waals surface area contributed by atoms with Crippen molar-refractivity contribution in [3.8, 4) is 17.2 Å². The largest absolute Gasteiger partial charge is 0.507 e. The van der Waals surface area contributed by atoms with E-state index in [-0.39, 0.29) is 46.8 Å². The summed E-state index contributed by atoms with van der Waals surface area (Å²) >= 11 is 0. The third-order valence-electron chi connectivity index (χ3n) is 10.1. The molecule has 1 fully saturated rings. The molecule has 2 aromatic carbocycles. The van der Waals surface area contributed by atoms with Gasteiger partial charge in [0.05, 0.1) is 47.9 Å². The fourth-order valence-corrected chi connectivity index (χ4v) is 7.27. The molecule has 1 saturated heterocycles. The quantitative estimate of drug-likeness (QED) is 0.103. The van der Waals surface area contributed by atoms with E-state index in [9.17, 15) is 39.9 Å². The van der Waals surface area contributed by atoms with Gasteiger partial charge >= 0.3 is 0 Å². The Balaban J connectivity index is 0.00000583. The van der Waals surface area contributed by atoms with Gasteiger partial charge in [0.15, 0.2) is 17.9 Å². The van der Waals surface area contributed by atoms with E-state index in [1.165, 1.54) is 25.3 Å². The van der Waals surface area contributed by atoms with Crippen molar-refractivity contribution in [2.75, 3.05) is 26.8 Å². The zero-order chi connectivity index (χ0) is 36.5. The molecule has 51 heavy (non-hydrogen) atoms. The van der Waals surface area contributed by atoms with Crippen LogP contribution in [0.2, 0.25) is 0 Å². The molecular formula is C37H49ClN2O11. The fourth-order valence-electron chi connectivity index (χ4n) is 7.27. The van der Waals surface area contributed by atoms with Crippen LogP contribution in [0, 0.1) is 0 Å². The smallest absolute Gasteiger partial charge is 0.202 e. The number of hydrogen-bond donors (Lipinski definition) is 5. The predicted octanol–water partition coefficient (Wildman–Crippen LogP) is 3.79. The highest BCUT2D eigenvalue weighted by molar-refractivity contribution is 6.31. The molecule has 6 atom stereocenters. The Hall–Kier alpha value is -3.59. The van der Waals surface area contributed by atoms with Crippen molar-refractivity contribution in [3.63, 3.8) is 0 Å². The Morgan fingerprint density at radius 3 is 2.31 bits per heavy atom. The highest BCUT2D eigenvalue weighted by atomic mass is 35.5. The predicted molar refractivity (Wildman–Crippen MR) is 189 cm³/mol. The Morgan fingerprint density at radius 1 is 1.06 bits per heavy atom. The number of phenols is 2. The first-order valence-electron chi connectivity index (χ1n) is 17.3. The molecule has 0 bridgehead atoms. The van der Waals surface area contributed by atoms with E-state index in [0.717, 1.165) is 44.6 Å². The topological polar surface area (TPSA) is 196 Å². The number of rotatable bonds is 12. The lowest BCUT2D eigenvalue weighted by molar-refractivity contribution is -0.247. The fraction of sp³-hybridized carbons (Fsp3) is 0.568. The molecule has 1 heterocycles. The van der Waals surface area contributed by atoms with Gasteiger partial charge in [-0.2, -0.15) is 0 Å². The van der Waals surface area contributed by atoms with Crippen molar-refractivity contribution in [2.24, 2.45) is 4.99 Å². The van der Waals surface area contributed by atoms with Crippen LogP contribution in [-0.2, 0) is 20.7 Å². The number of methoxy groups -OCH3 is 1. The van der Waals surface area contributed by atoms with Crippen molar-refractivity contribution >= 4 is 35.6 Å². The second-order valence-corrected chi connectivity index (χ2v) is 13.4. The summed E-state index contributed by atoms with van der Waals surface area (Å²) in [4.78, 5) is 47.7. The van der Waals surface area contributed by atoms with Gasteiger partial charge in [0.1, 0.15) is 35.6 Å². The zero-order valence-corrected chi connectivity index (χ0v) is 30.5. The second kappa shape index (κ2) is 16.4. The average molecular weight is 733 g/mol. The molecule has 0 amide bonds. The van der Waals surface area contributed by atoms with E-state index >= 15 is 0 Å². The molecule has 0 spiro atoms. The number of nitrogens with zero attached hydrogens (tertiary/aromatic N) is 2. The summed E-state index contributed by atoms with van der Waals surface area (Å²) in [6.07, 6.45) is -1.13. The maximum Gasteiger partial charge on any atom is 0.202 e. The molecule has 1 aliphatic heterocycles. The molecule has 5 rings (SSSR count). The van der Waals surface area contributed by atoms with Crippen molar-refractivity contribution in [3.05, 3.63) is 51.6 Å². The molecule has 2 aliphatic carbocycles. The summed E-state index contributed by atoms with van der Waals surface area (Å²) in [5.74, 6) is -2.96. The number of aliphatic hydroxyl groups is 3. The standard InChI is InChI=1S/C37H48N2O11.ClH/c1-6-8-13-39(14-9-7-2)20(4)38-23-15-27(49-19(3)32(23)42)50-25-17-37(47,26(41)18-40)16-22-29(25)36(46)31-30(34(22)44)33(43)21-11-10-12-24(48-5)28(21)35(31)45;/h10-12,19,23,25,27,32,40,42,44,46-47H,6-9,13-18H2,1-5H3;1H/t19?,23-,25-,27?,32+,37?;/m0./s1. The van der Waals surface area contributed by atoms with Gasteiger partial charge in [0, 0.05) is 49.0 Å². The van der Waals surface area contributed by atoms with Gasteiger partial charge < -0.3 is 44.6 Å². The summed E-state index contributed by atoms with van der Waals surface area (Å²) in [5.41, 5.74) is -3.59. The summed E-state index contributed by atoms with van der Waals surface area (Å²) in [6, 6.07) is 3.77. The lowest BCUT2D eigenvalue weighted by atomic mass is 9.72. The van der Waals surface area contributed by atoms with Gasteiger partial charge in [0.2, 0.25) is 5.78 Å². The van der Waals surface area contributed by atoms with Gasteiger partial charge in [-0.1, -0.05) is 38.8 Å². The lowest BCUT2D eigenvalue weighted by Gasteiger charge is -2.42. The van der Waals surface area contributed by atoms with Crippen LogP contribution in [-0.4, -0.2) is 111 Å². The summed E-state index contributed by atoms with van der Waals surface area (Å²) in [6.45, 7) is 8.42. The van der Waals surface area contributed by atoms with Crippen molar-refractivity contribution < 1.29 is 54.1 Å². The number of ether oxygens (including phenoxy) is 3. The van der Waals surface area contributed by atoms with Crippen molar-refractivity contribution in [1.29, 1.82) is 0 Å². The van der Waals surface area contributed by atoms with Crippen LogP contribution >= 0.6 is 12.4 Å². The van der Waals surface area contributed by atoms with Gasteiger partial charge in [-0.25, -0.2) is 0 Å². The maximum absolute atomic E-state index is 13.9. The lowest BCUT2D eigenvalue weighted by Crippen LogP contribution is -2.50. The number of hydrogen-bond acceptors (Lipinski definition) is 12. The normalized spacial score (nSPS) is 25.7. The number of ketones is 3. The highest BCUT2D eigenvalue weighted by Crippen LogP contribution is 2.52. The van der Waals surface area contributed by atoms with Crippen LogP contribution < -0.4 is 4.74 Å². The highest BCUT2D eigenvalue weighted by Gasteiger charge is 2.50. The molecule has 13 nitrogen and oxygen atoms in total. The number of amidine groups is 1. The number of aliphatic hydroxyl groups excluding tert-OH is 2. The SMILES string of the molecule is CCCCN(CCCC)C(C)=N[C@H]1CC(O[C@H]2CC(O)(C(=O)CO)Cc3c(O)c4c(c(O)c32)C(=O)c2c(OC)cccc2C4=O)OC(C)[C@H]1O.Cl. The number of Topliss-reactive ketones (excluding diaryl/α,β-unsaturated/α-hetero) is 1. The Labute approximate surface area is 303 Å². The van der Waals surface area contributed by atoms with Gasteiger partial charge in [-0.05, 0) is 32.8 Å². The van der Waals surface area contributed by atoms with E-state index in [2.05, 4.69) is 18.7 Å². The number of carbonyl (C=O) groups excluding carboxylic acids is 3. The number of benzene rings is 2. The van der Waals surface area contributed by atoms with Gasteiger partial charge in [0.25, 0.3) is 0 Å². The Kier molecular flexibility index (Phi) is 12.9. The molecule has 0 aromatic heterocycles. The monoisotopic (exact) mass is 732 g/mol. The van der Waals surface area contributed by atoms with E-state index in [1.54, 1.807) is 6.92 Å². The molecule has 14 heteroatoms. The van der Waals surface area contributed by atoms with Crippen LogP contribution in [0.4, 0.5) is 0 Å². The molecule has 0 saturated carbocycles. The molecule has 5 N–H and O–H groups in total. The molecule has 280 valence electrons. The first-order chi connectivity index (χ1) is 23.8. The third-order valence-corrected chi connectivity index (χ3v) is 10.1. The maximum atomic E-state index is 13.9. The minimum absolute atomic E-state index is 0. The van der Waals surface area contributed by atoms with Gasteiger partial charge in [-0.3, -0.25) is 19.4 Å². The second-order valence-electron chi connectivity index (χ2n) is 13.4. The minimum atomic E-state index is -2.26. The first kappa shape index (κ1) is 40.2. The van der Waals surface area contributed by atoms with Crippen molar-refractivity contribution in [2.45, 2.75) is 109 Å². The molecule has 2 aromatic rings. The number of halogens is 1. The van der Waals surface area contributed by atoms with Crippen LogP contribution in [0.25, 0.3) is 0 Å². The van der Waals surface area contributed by atoms with Crippen LogP contribution in [0.5, 0.6) is 17.2 Å². The Bertz CT molecular complexity index is 1670. The van der Waals surface area contributed by atoms with Crippen LogP contribution in [0.1, 0.15) is 115 Å². The number of aromatic hydroxyl groups is 2. The average Bonchev–Trinajstić information content (AvgIpc) is 3.09. The van der Waals surface area contributed by atoms with E-state index in [1.807, 2.05) is 6.92 Å². The number of fused-ring (bicyclic) bond motifs is 3. The van der Waals surface area contributed by atoms with Gasteiger partial charge in [-0.15, -0.1) is 12.4 Å². The van der Waals surface area contributed by atoms with Crippen molar-refractivity contribution in [1.82, 2.24) is 4.90 Å². The molecule has 3 unspecified atom stereocenters. The third kappa shape index (κ3) is 7.51. The zero-order valence-electron chi connectivity index (χ0n) is 29.7. The van der Waals surface area contributed by atoms with Crippen LogP contribution in [0.3, 0.4) is 0 Å². The van der Waals surface area contributed by atoms with E-state index in [4.69, 9.17) is 19.2 Å².